The van der Waals surface area contributed by atoms with Crippen molar-refractivity contribution in [2.75, 3.05) is 6.61 Å². The average Bonchev–Trinajstić information content (AvgIpc) is 3.44. The molecule has 0 aromatic rings. The highest BCUT2D eigenvalue weighted by Gasteiger charge is 2.17. The van der Waals surface area contributed by atoms with Crippen LogP contribution in [0, 0.1) is 0 Å². The quantitative estimate of drug-likeness (QED) is 0.0420. The Balaban J connectivity index is 3.71. The second-order valence-corrected chi connectivity index (χ2v) is 21.1. The summed E-state index contributed by atoms with van der Waals surface area (Å²) in [5, 5.41) is 23.2. The summed E-state index contributed by atoms with van der Waals surface area (Å²) in [4.78, 5) is 12.5. The number of unbranched alkanes of at least 4 members (excludes halogenated alkanes) is 24. The lowest BCUT2D eigenvalue weighted by atomic mass is 10.0. The van der Waals surface area contributed by atoms with Gasteiger partial charge in [-0.2, -0.15) is 0 Å². The zero-order valence-electron chi connectivity index (χ0n) is 50.6. The summed E-state index contributed by atoms with van der Waals surface area (Å²) in [5.74, 6) is -0.121. The largest absolute Gasteiger partial charge is 0.394 e. The average molecular weight is 1070 g/mol. The maximum absolute atomic E-state index is 12.5. The topological polar surface area (TPSA) is 69.6 Å². The van der Waals surface area contributed by atoms with Crippen LogP contribution in [0.2, 0.25) is 0 Å². The second kappa shape index (κ2) is 67.0. The summed E-state index contributed by atoms with van der Waals surface area (Å²) in [6.07, 6.45) is 108. The van der Waals surface area contributed by atoms with Crippen molar-refractivity contribution in [2.24, 2.45) is 0 Å². The van der Waals surface area contributed by atoms with Gasteiger partial charge in [-0.15, -0.1) is 0 Å². The van der Waals surface area contributed by atoms with Gasteiger partial charge in [0.2, 0.25) is 5.91 Å². The van der Waals surface area contributed by atoms with Gasteiger partial charge < -0.3 is 15.5 Å². The van der Waals surface area contributed by atoms with E-state index in [-0.39, 0.29) is 12.5 Å². The molecule has 0 aromatic heterocycles. The standard InChI is InChI=1S/C74H121NO3/c1-3-5-7-9-11-13-15-17-19-21-23-25-27-29-31-32-33-34-35-36-37-38-39-40-41-42-44-46-48-50-52-54-56-58-60-62-64-66-68-70-74(78)75-72(71-76)73(77)69-67-65-63-61-59-57-55-53-51-49-47-45-43-30-28-26-24-22-20-18-16-14-12-10-8-6-4-2/h5,7,11,13,17,19,23,25,29,31,33-34,36-37,39-40,42,44,48,50,54,56,59-62,67,69,72-73,76-77H,3-4,6,8-10,12,14-16,18,20-22,24,26-28,30,32,35,38,41,43,45-47,49,51-53,55,57-58,63-66,68,70-71H2,1-2H3,(H,75,78)/b7-5-,13-11-,19-17-,25-23-,31-29-,34-33-,37-36-,40-39-,44-42-,50-48-,56-54-,61-59+,62-60-,69-67+. The minimum atomic E-state index is -0.895. The monoisotopic (exact) mass is 1070 g/mol. The Morgan fingerprint density at radius 3 is 0.897 bits per heavy atom. The minimum Gasteiger partial charge on any atom is -0.394 e. The van der Waals surface area contributed by atoms with E-state index in [1.807, 2.05) is 6.08 Å². The fraction of sp³-hybridized carbons (Fsp3) is 0.608. The summed E-state index contributed by atoms with van der Waals surface area (Å²) in [6.45, 7) is 4.17. The molecule has 0 rings (SSSR count). The van der Waals surface area contributed by atoms with E-state index < -0.39 is 12.1 Å². The molecular formula is C74H121NO3. The SMILES string of the molecule is CC/C=C\C/C=C\C/C=C\C/C=C\C/C=C\C/C=C\C/C=C\C/C=C\C/C=C\C/C=C\C/C=C\C/C=C\CCCCC(=O)NC(CO)C(O)/C=C/CC/C=C/CCCCCCCCCCCCCCCCCCCCCCC. The van der Waals surface area contributed by atoms with Crippen molar-refractivity contribution in [3.8, 4) is 0 Å². The zero-order valence-corrected chi connectivity index (χ0v) is 50.6. The van der Waals surface area contributed by atoms with E-state index in [9.17, 15) is 15.0 Å². The van der Waals surface area contributed by atoms with Gasteiger partial charge in [-0.25, -0.2) is 0 Å². The molecule has 0 heterocycles. The van der Waals surface area contributed by atoms with Crippen LogP contribution in [-0.2, 0) is 4.79 Å². The normalized spacial score (nSPS) is 13.9. The number of hydrogen-bond donors (Lipinski definition) is 3. The van der Waals surface area contributed by atoms with Crippen LogP contribution in [0.3, 0.4) is 0 Å². The summed E-state index contributed by atoms with van der Waals surface area (Å²) in [7, 11) is 0. The van der Waals surface area contributed by atoms with E-state index in [1.54, 1.807) is 6.08 Å². The molecule has 0 saturated carbocycles. The summed E-state index contributed by atoms with van der Waals surface area (Å²) in [5.41, 5.74) is 0. The molecule has 0 fully saturated rings. The van der Waals surface area contributed by atoms with Gasteiger partial charge in [0.05, 0.1) is 18.8 Å². The maximum atomic E-state index is 12.5. The van der Waals surface area contributed by atoms with Gasteiger partial charge in [0.15, 0.2) is 0 Å². The summed E-state index contributed by atoms with van der Waals surface area (Å²) in [6, 6.07) is -0.677. The third kappa shape index (κ3) is 62.6. The molecular weight excluding hydrogens is 951 g/mol. The van der Waals surface area contributed by atoms with E-state index in [1.165, 1.54) is 135 Å². The van der Waals surface area contributed by atoms with Crippen LogP contribution in [0.4, 0.5) is 0 Å². The Hall–Kier alpha value is -4.25. The molecule has 0 bridgehead atoms. The molecule has 3 N–H and O–H groups in total. The minimum absolute atomic E-state index is 0.121. The third-order valence-corrected chi connectivity index (χ3v) is 13.7. The highest BCUT2D eigenvalue weighted by Crippen LogP contribution is 2.16. The Bertz CT molecular complexity index is 1690. The van der Waals surface area contributed by atoms with Crippen LogP contribution in [0.25, 0.3) is 0 Å². The van der Waals surface area contributed by atoms with Crippen molar-refractivity contribution in [1.82, 2.24) is 5.32 Å². The molecule has 4 heteroatoms. The van der Waals surface area contributed by atoms with Crippen LogP contribution < -0.4 is 5.32 Å². The van der Waals surface area contributed by atoms with E-state index in [4.69, 9.17) is 0 Å². The Kier molecular flexibility index (Phi) is 63.4. The number of carbonyl (C=O) groups is 1. The fourth-order valence-corrected chi connectivity index (χ4v) is 8.82. The number of aliphatic hydroxyl groups excluding tert-OH is 2. The van der Waals surface area contributed by atoms with E-state index >= 15 is 0 Å². The van der Waals surface area contributed by atoms with Gasteiger partial charge >= 0.3 is 0 Å². The van der Waals surface area contributed by atoms with Gasteiger partial charge in [-0.3, -0.25) is 4.79 Å². The van der Waals surface area contributed by atoms with Crippen LogP contribution in [0.15, 0.2) is 170 Å². The molecule has 0 saturated heterocycles. The Labute approximate surface area is 483 Å². The molecule has 0 aliphatic heterocycles. The lowest BCUT2D eigenvalue weighted by molar-refractivity contribution is -0.123. The van der Waals surface area contributed by atoms with Gasteiger partial charge in [0, 0.05) is 6.42 Å². The van der Waals surface area contributed by atoms with Gasteiger partial charge in [-0.05, 0) is 122 Å². The van der Waals surface area contributed by atoms with Crippen LogP contribution >= 0.6 is 0 Å². The molecule has 0 aliphatic rings. The molecule has 0 radical (unpaired) electrons. The fourth-order valence-electron chi connectivity index (χ4n) is 8.82. The molecule has 2 atom stereocenters. The number of amides is 1. The first-order chi connectivity index (χ1) is 38.7. The van der Waals surface area contributed by atoms with Crippen LogP contribution in [0.5, 0.6) is 0 Å². The second-order valence-electron chi connectivity index (χ2n) is 21.1. The van der Waals surface area contributed by atoms with E-state index in [0.717, 1.165) is 116 Å². The molecule has 0 aromatic carbocycles. The number of carbonyl (C=O) groups excluding carboxylic acids is 1. The number of rotatable bonds is 57. The lowest BCUT2D eigenvalue weighted by Crippen LogP contribution is -2.45. The summed E-state index contributed by atoms with van der Waals surface area (Å²) >= 11 is 0. The Morgan fingerprint density at radius 2 is 0.577 bits per heavy atom. The van der Waals surface area contributed by atoms with E-state index in [0.29, 0.717) is 6.42 Å². The van der Waals surface area contributed by atoms with Crippen LogP contribution in [0.1, 0.15) is 271 Å². The number of hydrogen-bond acceptors (Lipinski definition) is 3. The molecule has 1 amide bonds. The number of allylic oxidation sites excluding steroid dienone is 27. The smallest absolute Gasteiger partial charge is 0.220 e. The molecule has 0 aliphatic carbocycles. The predicted octanol–water partition coefficient (Wildman–Crippen LogP) is 22.3. The zero-order chi connectivity index (χ0) is 56.2. The molecule has 440 valence electrons. The van der Waals surface area contributed by atoms with Crippen molar-refractivity contribution in [3.05, 3.63) is 170 Å². The number of nitrogens with one attached hydrogen (secondary N) is 1. The van der Waals surface area contributed by atoms with Gasteiger partial charge in [0.1, 0.15) is 0 Å². The predicted molar refractivity (Wildman–Crippen MR) is 349 cm³/mol. The van der Waals surface area contributed by atoms with Crippen molar-refractivity contribution >= 4 is 5.91 Å². The van der Waals surface area contributed by atoms with Crippen molar-refractivity contribution < 1.29 is 15.0 Å². The summed E-state index contributed by atoms with van der Waals surface area (Å²) < 4.78 is 0. The van der Waals surface area contributed by atoms with Crippen LogP contribution in [-0.4, -0.2) is 34.9 Å². The first-order valence-corrected chi connectivity index (χ1v) is 32.3. The van der Waals surface area contributed by atoms with E-state index in [2.05, 4.69) is 177 Å². The van der Waals surface area contributed by atoms with Crippen molar-refractivity contribution in [2.45, 2.75) is 283 Å². The van der Waals surface area contributed by atoms with Gasteiger partial charge in [-0.1, -0.05) is 312 Å². The van der Waals surface area contributed by atoms with Crippen molar-refractivity contribution in [3.63, 3.8) is 0 Å². The molecule has 0 spiro atoms. The lowest BCUT2D eigenvalue weighted by Gasteiger charge is -2.19. The van der Waals surface area contributed by atoms with Gasteiger partial charge in [0.25, 0.3) is 0 Å². The number of aliphatic hydroxyl groups is 2. The maximum Gasteiger partial charge on any atom is 0.220 e. The third-order valence-electron chi connectivity index (χ3n) is 13.7. The first kappa shape index (κ1) is 73.8. The molecule has 78 heavy (non-hydrogen) atoms. The molecule has 2 unspecified atom stereocenters. The highest BCUT2D eigenvalue weighted by molar-refractivity contribution is 5.76. The Morgan fingerprint density at radius 1 is 0.321 bits per heavy atom. The first-order valence-electron chi connectivity index (χ1n) is 32.3. The highest BCUT2D eigenvalue weighted by atomic mass is 16.3. The molecule has 4 nitrogen and oxygen atoms in total. The van der Waals surface area contributed by atoms with Crippen molar-refractivity contribution in [1.29, 1.82) is 0 Å².